The fraction of sp³-hybridized carbons (Fsp3) is 0.317. The first-order valence-corrected chi connectivity index (χ1v) is 19.2. The summed E-state index contributed by atoms with van der Waals surface area (Å²) in [7, 11) is 0. The van der Waals surface area contributed by atoms with Gasteiger partial charge in [-0.25, -0.2) is 19.6 Å². The first-order chi connectivity index (χ1) is 30.2. The Morgan fingerprint density at radius 2 is 1.11 bits per heavy atom. The van der Waals surface area contributed by atoms with Crippen molar-refractivity contribution in [3.63, 3.8) is 0 Å². The number of aromatic nitrogens is 4. The third-order valence-electron chi connectivity index (χ3n) is 9.37. The van der Waals surface area contributed by atoms with Gasteiger partial charge in [-0.1, -0.05) is 48.5 Å². The van der Waals surface area contributed by atoms with Crippen molar-refractivity contribution in [3.05, 3.63) is 120 Å². The van der Waals surface area contributed by atoms with E-state index in [-0.39, 0.29) is 36.6 Å². The van der Waals surface area contributed by atoms with Crippen molar-refractivity contribution in [2.45, 2.75) is 25.4 Å². The molecule has 16 nitrogen and oxygen atoms in total. The molecule has 0 unspecified atom stereocenters. The van der Waals surface area contributed by atoms with Crippen LogP contribution in [-0.4, -0.2) is 119 Å². The average molecular weight is 884 g/mol. The lowest BCUT2D eigenvalue weighted by Gasteiger charge is -2.32. The number of ether oxygens (including phenoxy) is 2. The maximum atomic E-state index is 13.1. The second kappa shape index (κ2) is 20.8. The van der Waals surface area contributed by atoms with Gasteiger partial charge < -0.3 is 29.0 Å². The fourth-order valence-electron chi connectivity index (χ4n) is 6.10. The number of nitrogens with one attached hydrogen (secondary N) is 1. The molecule has 5 aromatic rings. The summed E-state index contributed by atoms with van der Waals surface area (Å²) in [5.74, 6) is -3.52. The standard InChI is InChI=1S/C21H21F3N4O4.C20H18F3N5O3/c22-21(23,24)19(30)26-13-17(29)16-6-4-15(5-7-16)14-28(18-3-1-2-8-25-18)20(31)27-9-11-32-12-10-27;21-20(22,23)18-26-25-17(31-18)15-6-4-14(5-7-15)13-28(16-3-1-2-8-24-16)19(29)27-9-11-30-12-10-27/h1-8H,9-14H2,(H,26,30);1-8H,9-13H2. The lowest BCUT2D eigenvalue weighted by Crippen LogP contribution is -2.48. The van der Waals surface area contributed by atoms with Crippen LogP contribution in [0.2, 0.25) is 0 Å². The molecular formula is C41H39F6N9O7. The van der Waals surface area contributed by atoms with Crippen molar-refractivity contribution in [2.75, 3.05) is 69.0 Å². The molecule has 7 rings (SSSR count). The Kier molecular flexibility index (Phi) is 15.0. The molecule has 2 saturated heterocycles. The van der Waals surface area contributed by atoms with Crippen LogP contribution in [0.15, 0.2) is 102 Å². The molecule has 0 atom stereocenters. The summed E-state index contributed by atoms with van der Waals surface area (Å²) in [4.78, 5) is 64.1. The summed E-state index contributed by atoms with van der Waals surface area (Å²) in [5, 5.41) is 8.03. The molecule has 2 aliphatic rings. The predicted molar refractivity (Wildman–Crippen MR) is 211 cm³/mol. The van der Waals surface area contributed by atoms with Crippen LogP contribution in [0.5, 0.6) is 0 Å². The van der Waals surface area contributed by atoms with Crippen molar-refractivity contribution in [3.8, 4) is 11.5 Å². The maximum Gasteiger partial charge on any atom is 0.471 e. The predicted octanol–water partition coefficient (Wildman–Crippen LogP) is 6.01. The fourth-order valence-corrected chi connectivity index (χ4v) is 6.10. The molecule has 22 heteroatoms. The molecule has 0 aliphatic carbocycles. The molecule has 0 saturated carbocycles. The lowest BCUT2D eigenvalue weighted by molar-refractivity contribution is -0.173. The number of amides is 5. The summed E-state index contributed by atoms with van der Waals surface area (Å²) >= 11 is 0. The summed E-state index contributed by atoms with van der Waals surface area (Å²) in [5.41, 5.74) is 1.93. The van der Waals surface area contributed by atoms with Crippen molar-refractivity contribution >= 4 is 35.4 Å². The summed E-state index contributed by atoms with van der Waals surface area (Å²) in [6, 6.07) is 22.7. The normalized spacial score (nSPS) is 14.3. The number of carbonyl (C=O) groups excluding carboxylic acids is 4. The van der Waals surface area contributed by atoms with E-state index in [2.05, 4.69) is 20.2 Å². The molecule has 3 aromatic heterocycles. The summed E-state index contributed by atoms with van der Waals surface area (Å²) < 4.78 is 90.0. The lowest BCUT2D eigenvalue weighted by atomic mass is 10.1. The number of alkyl halides is 6. The Bertz CT molecular complexity index is 2290. The second-order valence-corrected chi connectivity index (χ2v) is 13.7. The highest BCUT2D eigenvalue weighted by Crippen LogP contribution is 2.30. The Morgan fingerprint density at radius 3 is 1.52 bits per heavy atom. The first kappa shape index (κ1) is 45.6. The molecule has 2 aromatic carbocycles. The Balaban J connectivity index is 0.000000210. The van der Waals surface area contributed by atoms with Gasteiger partial charge in [0.15, 0.2) is 5.78 Å². The Morgan fingerprint density at radius 1 is 0.635 bits per heavy atom. The van der Waals surface area contributed by atoms with Gasteiger partial charge in [-0.15, -0.1) is 10.2 Å². The first-order valence-electron chi connectivity index (χ1n) is 19.2. The zero-order valence-electron chi connectivity index (χ0n) is 33.2. The van der Waals surface area contributed by atoms with Crippen molar-refractivity contribution in [1.82, 2.24) is 35.3 Å². The van der Waals surface area contributed by atoms with Gasteiger partial charge >= 0.3 is 36.2 Å². The SMILES string of the molecule is O=C(CNC(=O)C(F)(F)F)c1ccc(CN(C(=O)N2CCOCC2)c2ccccn2)cc1.O=C(N1CCOCC1)N(Cc1ccc(-c2nnc(C(F)(F)F)o2)cc1)c1ccccn1. The largest absolute Gasteiger partial charge is 0.471 e. The van der Waals surface area contributed by atoms with E-state index in [1.54, 1.807) is 105 Å². The number of morpholine rings is 2. The van der Waals surface area contributed by atoms with Crippen LogP contribution in [0, 0.1) is 0 Å². The maximum absolute atomic E-state index is 13.1. The summed E-state index contributed by atoms with van der Waals surface area (Å²) in [6.45, 7) is 3.36. The van der Waals surface area contributed by atoms with Crippen LogP contribution in [0.4, 0.5) is 47.6 Å². The van der Waals surface area contributed by atoms with E-state index in [0.717, 1.165) is 5.56 Å². The third kappa shape index (κ3) is 12.6. The third-order valence-corrected chi connectivity index (χ3v) is 9.37. The smallest absolute Gasteiger partial charge is 0.413 e. The van der Waals surface area contributed by atoms with Gasteiger partial charge in [-0.05, 0) is 47.5 Å². The monoisotopic (exact) mass is 883 g/mol. The number of rotatable bonds is 10. The van der Waals surface area contributed by atoms with Gasteiger partial charge in [0, 0.05) is 49.7 Å². The number of nitrogens with zero attached hydrogens (tertiary/aromatic N) is 8. The average Bonchev–Trinajstić information content (AvgIpc) is 3.82. The molecule has 5 heterocycles. The Hall–Kier alpha value is -6.94. The number of halogens is 6. The van der Waals surface area contributed by atoms with Crippen LogP contribution in [0.1, 0.15) is 27.4 Å². The molecule has 0 spiro atoms. The summed E-state index contributed by atoms with van der Waals surface area (Å²) in [6.07, 6.45) is -6.57. The molecule has 332 valence electrons. The van der Waals surface area contributed by atoms with Crippen LogP contribution in [0.25, 0.3) is 11.5 Å². The number of Topliss-reactive ketones (excluding diaryl/α,β-unsaturated/α-hetero) is 1. The number of carbonyl (C=O) groups is 4. The van der Waals surface area contributed by atoms with Crippen LogP contribution < -0.4 is 15.1 Å². The van der Waals surface area contributed by atoms with Crippen LogP contribution >= 0.6 is 0 Å². The highest BCUT2D eigenvalue weighted by molar-refractivity contribution is 6.00. The number of benzene rings is 2. The Labute approximate surface area is 355 Å². The number of hydrogen-bond acceptors (Lipinski definition) is 11. The molecule has 63 heavy (non-hydrogen) atoms. The van der Waals surface area contributed by atoms with Gasteiger partial charge in [-0.2, -0.15) is 26.3 Å². The van der Waals surface area contributed by atoms with E-state index in [9.17, 15) is 45.5 Å². The van der Waals surface area contributed by atoms with E-state index in [0.29, 0.717) is 75.4 Å². The van der Waals surface area contributed by atoms with Gasteiger partial charge in [0.2, 0.25) is 5.89 Å². The van der Waals surface area contributed by atoms with Crippen LogP contribution in [0.3, 0.4) is 0 Å². The highest BCUT2D eigenvalue weighted by Gasteiger charge is 2.39. The molecule has 0 bridgehead atoms. The zero-order valence-corrected chi connectivity index (χ0v) is 33.2. The molecule has 1 N–H and O–H groups in total. The van der Waals surface area contributed by atoms with E-state index < -0.39 is 36.5 Å². The minimum atomic E-state index is -5.05. The zero-order chi connectivity index (χ0) is 45.0. The molecule has 5 amide bonds. The van der Waals surface area contributed by atoms with E-state index in [1.165, 1.54) is 17.0 Å². The van der Waals surface area contributed by atoms with Gasteiger partial charge in [0.25, 0.3) is 0 Å². The van der Waals surface area contributed by atoms with Crippen molar-refractivity contribution in [2.24, 2.45) is 0 Å². The van der Waals surface area contributed by atoms with Gasteiger partial charge in [0.1, 0.15) is 11.6 Å². The second-order valence-electron chi connectivity index (χ2n) is 13.7. The number of anilines is 2. The molecule has 2 fully saturated rings. The molecule has 0 radical (unpaired) electrons. The minimum Gasteiger partial charge on any atom is -0.413 e. The van der Waals surface area contributed by atoms with Crippen molar-refractivity contribution in [1.29, 1.82) is 0 Å². The number of pyridine rings is 2. The highest BCUT2D eigenvalue weighted by atomic mass is 19.4. The topological polar surface area (TPSA) is 176 Å². The van der Waals surface area contributed by atoms with Gasteiger partial charge in [0.05, 0.1) is 46.1 Å². The molecular weight excluding hydrogens is 844 g/mol. The minimum absolute atomic E-state index is 0.139. The quantitative estimate of drug-likeness (QED) is 0.128. The van der Waals surface area contributed by atoms with Gasteiger partial charge in [-0.3, -0.25) is 19.4 Å². The number of ketones is 1. The van der Waals surface area contributed by atoms with E-state index in [4.69, 9.17) is 13.9 Å². The number of urea groups is 2. The van der Waals surface area contributed by atoms with Crippen LogP contribution in [-0.2, 0) is 33.5 Å². The number of hydrogen-bond donors (Lipinski definition) is 1. The van der Waals surface area contributed by atoms with E-state index in [1.807, 2.05) is 0 Å². The molecule has 2 aliphatic heterocycles. The van der Waals surface area contributed by atoms with E-state index >= 15 is 0 Å². The van der Waals surface area contributed by atoms with Crippen molar-refractivity contribution < 1.29 is 59.4 Å².